The summed E-state index contributed by atoms with van der Waals surface area (Å²) in [6.07, 6.45) is 1.86. The van der Waals surface area contributed by atoms with E-state index in [-0.39, 0.29) is 5.91 Å². The van der Waals surface area contributed by atoms with E-state index in [1.807, 2.05) is 28.8 Å². The average molecular weight is 293 g/mol. The third-order valence-electron chi connectivity index (χ3n) is 2.59. The molecule has 0 spiro atoms. The van der Waals surface area contributed by atoms with E-state index in [4.69, 9.17) is 11.6 Å². The molecular weight excluding hydrogens is 284 g/mol. The molecule has 0 aliphatic carbocycles. The van der Waals surface area contributed by atoms with Gasteiger partial charge in [-0.1, -0.05) is 17.7 Å². The van der Waals surface area contributed by atoms with Crippen molar-refractivity contribution < 1.29 is 4.79 Å². The third-order valence-corrected chi connectivity index (χ3v) is 3.82. The fourth-order valence-electron chi connectivity index (χ4n) is 1.69. The lowest BCUT2D eigenvalue weighted by Gasteiger charge is -2.02. The van der Waals surface area contributed by atoms with E-state index in [1.165, 1.54) is 11.3 Å². The molecule has 0 saturated carbocycles. The molecule has 0 atom stereocenters. The summed E-state index contributed by atoms with van der Waals surface area (Å²) >= 11 is 7.04. The number of halogens is 1. The number of hydrogen-bond donors (Lipinski definition) is 1. The molecule has 0 aromatic carbocycles. The molecule has 3 aromatic rings. The first-order valence-corrected chi connectivity index (χ1v) is 6.75. The zero-order valence-corrected chi connectivity index (χ0v) is 11.3. The van der Waals surface area contributed by atoms with Gasteiger partial charge >= 0.3 is 0 Å². The molecule has 3 aromatic heterocycles. The van der Waals surface area contributed by atoms with Crippen LogP contribution in [0.1, 0.15) is 15.5 Å². The molecule has 0 radical (unpaired) electrons. The summed E-state index contributed by atoms with van der Waals surface area (Å²) in [5.74, 6) is 0.524. The fourth-order valence-corrected chi connectivity index (χ4v) is 2.65. The van der Waals surface area contributed by atoms with Crippen molar-refractivity contribution >= 4 is 34.5 Å². The molecule has 0 unspecified atom stereocenters. The summed E-state index contributed by atoms with van der Waals surface area (Å²) in [5, 5.41) is 10.9. The van der Waals surface area contributed by atoms with Gasteiger partial charge in [0.25, 0.3) is 5.91 Å². The Morgan fingerprint density at radius 3 is 3.00 bits per heavy atom. The van der Waals surface area contributed by atoms with Gasteiger partial charge in [0, 0.05) is 6.20 Å². The average Bonchev–Trinajstić information content (AvgIpc) is 3.02. The molecule has 19 heavy (non-hydrogen) atoms. The van der Waals surface area contributed by atoms with Crippen LogP contribution in [0.3, 0.4) is 0 Å². The number of carbonyl (C=O) groups is 1. The minimum absolute atomic E-state index is 0.162. The molecule has 0 aliphatic rings. The summed E-state index contributed by atoms with van der Waals surface area (Å²) in [6, 6.07) is 9.04. The Kier molecular flexibility index (Phi) is 3.18. The topological polar surface area (TPSA) is 59.3 Å². The van der Waals surface area contributed by atoms with Crippen molar-refractivity contribution in [2.24, 2.45) is 0 Å². The molecule has 1 amide bonds. The predicted octanol–water partition coefficient (Wildman–Crippen LogP) is 2.37. The molecule has 0 aliphatic heterocycles. The van der Waals surface area contributed by atoms with Gasteiger partial charge in [-0.3, -0.25) is 9.20 Å². The highest BCUT2D eigenvalue weighted by atomic mass is 35.5. The van der Waals surface area contributed by atoms with Crippen molar-refractivity contribution in [2.75, 3.05) is 0 Å². The van der Waals surface area contributed by atoms with Crippen LogP contribution < -0.4 is 5.32 Å². The summed E-state index contributed by atoms with van der Waals surface area (Å²) < 4.78 is 2.43. The van der Waals surface area contributed by atoms with Gasteiger partial charge in [-0.25, -0.2) is 0 Å². The van der Waals surface area contributed by atoms with Crippen LogP contribution in [-0.4, -0.2) is 20.5 Å². The van der Waals surface area contributed by atoms with Gasteiger partial charge in [0.05, 0.1) is 15.8 Å². The Morgan fingerprint density at radius 2 is 2.21 bits per heavy atom. The normalized spacial score (nSPS) is 10.8. The summed E-state index contributed by atoms with van der Waals surface area (Å²) in [7, 11) is 0. The minimum atomic E-state index is -0.162. The second-order valence-electron chi connectivity index (χ2n) is 3.83. The molecular formula is C12H9ClN4OS. The van der Waals surface area contributed by atoms with Gasteiger partial charge in [-0.05, 0) is 24.3 Å². The largest absolute Gasteiger partial charge is 0.344 e. The van der Waals surface area contributed by atoms with Crippen LogP contribution in [0.25, 0.3) is 5.65 Å². The molecule has 0 saturated heterocycles. The molecule has 7 heteroatoms. The van der Waals surface area contributed by atoms with Crippen LogP contribution in [-0.2, 0) is 6.54 Å². The Hall–Kier alpha value is -1.92. The fraction of sp³-hybridized carbons (Fsp3) is 0.0833. The monoisotopic (exact) mass is 292 g/mol. The number of pyridine rings is 1. The van der Waals surface area contributed by atoms with E-state index in [0.717, 1.165) is 5.65 Å². The second kappa shape index (κ2) is 4.99. The quantitative estimate of drug-likeness (QED) is 0.806. The van der Waals surface area contributed by atoms with E-state index in [2.05, 4.69) is 15.5 Å². The SMILES string of the molecule is O=C(NCc1nnc2ccccn12)c1ccc(Cl)s1. The Bertz CT molecular complexity index is 736. The van der Waals surface area contributed by atoms with E-state index in [0.29, 0.717) is 21.6 Å². The van der Waals surface area contributed by atoms with Gasteiger partial charge in [0.15, 0.2) is 11.5 Å². The van der Waals surface area contributed by atoms with Crippen LogP contribution in [0.15, 0.2) is 36.5 Å². The number of nitrogens with one attached hydrogen (secondary N) is 1. The molecule has 0 bridgehead atoms. The molecule has 0 fully saturated rings. The van der Waals surface area contributed by atoms with Crippen molar-refractivity contribution in [1.29, 1.82) is 0 Å². The summed E-state index contributed by atoms with van der Waals surface area (Å²) in [6.45, 7) is 0.319. The van der Waals surface area contributed by atoms with Crippen LogP contribution in [0.2, 0.25) is 4.34 Å². The van der Waals surface area contributed by atoms with Crippen molar-refractivity contribution in [2.45, 2.75) is 6.54 Å². The maximum atomic E-state index is 11.9. The van der Waals surface area contributed by atoms with Crippen LogP contribution in [0.4, 0.5) is 0 Å². The van der Waals surface area contributed by atoms with Gasteiger partial charge in [0.2, 0.25) is 0 Å². The number of fused-ring (bicyclic) bond motifs is 1. The molecule has 3 heterocycles. The number of carbonyl (C=O) groups excluding carboxylic acids is 1. The van der Waals surface area contributed by atoms with Crippen molar-refractivity contribution in [3.8, 4) is 0 Å². The van der Waals surface area contributed by atoms with Gasteiger partial charge < -0.3 is 5.32 Å². The zero-order valence-electron chi connectivity index (χ0n) is 9.71. The number of thiophene rings is 1. The Morgan fingerprint density at radius 1 is 1.32 bits per heavy atom. The zero-order chi connectivity index (χ0) is 13.2. The van der Waals surface area contributed by atoms with Crippen LogP contribution in [0.5, 0.6) is 0 Å². The Labute approximate surface area is 117 Å². The number of aromatic nitrogens is 3. The van der Waals surface area contributed by atoms with E-state index >= 15 is 0 Å². The van der Waals surface area contributed by atoms with Crippen LogP contribution in [0, 0.1) is 0 Å². The second-order valence-corrected chi connectivity index (χ2v) is 5.55. The lowest BCUT2D eigenvalue weighted by Crippen LogP contribution is -2.23. The van der Waals surface area contributed by atoms with Crippen molar-refractivity contribution in [1.82, 2.24) is 19.9 Å². The maximum absolute atomic E-state index is 11.9. The smallest absolute Gasteiger partial charge is 0.261 e. The first kappa shape index (κ1) is 12.1. The van der Waals surface area contributed by atoms with E-state index < -0.39 is 0 Å². The standard InChI is InChI=1S/C12H9ClN4OS/c13-9-5-4-8(19-9)12(18)14-7-11-16-15-10-3-1-2-6-17(10)11/h1-6H,7H2,(H,14,18). The van der Waals surface area contributed by atoms with Crippen molar-refractivity contribution in [3.05, 3.63) is 51.6 Å². The summed E-state index contributed by atoms with van der Waals surface area (Å²) in [4.78, 5) is 12.5. The first-order chi connectivity index (χ1) is 9.24. The number of amides is 1. The Balaban J connectivity index is 1.74. The van der Waals surface area contributed by atoms with Gasteiger partial charge in [0.1, 0.15) is 0 Å². The lowest BCUT2D eigenvalue weighted by molar-refractivity contribution is 0.0954. The minimum Gasteiger partial charge on any atom is -0.344 e. The molecule has 5 nitrogen and oxygen atoms in total. The van der Waals surface area contributed by atoms with Crippen molar-refractivity contribution in [3.63, 3.8) is 0 Å². The van der Waals surface area contributed by atoms with E-state index in [9.17, 15) is 4.79 Å². The number of hydrogen-bond acceptors (Lipinski definition) is 4. The summed E-state index contributed by atoms with van der Waals surface area (Å²) in [5.41, 5.74) is 0.755. The number of rotatable bonds is 3. The van der Waals surface area contributed by atoms with E-state index in [1.54, 1.807) is 12.1 Å². The lowest BCUT2D eigenvalue weighted by atomic mass is 10.4. The first-order valence-electron chi connectivity index (χ1n) is 5.56. The maximum Gasteiger partial charge on any atom is 0.261 e. The molecule has 1 N–H and O–H groups in total. The van der Waals surface area contributed by atoms with Crippen LogP contribution >= 0.6 is 22.9 Å². The number of nitrogens with zero attached hydrogens (tertiary/aromatic N) is 3. The third kappa shape index (κ3) is 2.45. The van der Waals surface area contributed by atoms with Gasteiger partial charge in [-0.2, -0.15) is 0 Å². The highest BCUT2D eigenvalue weighted by Gasteiger charge is 2.10. The highest BCUT2D eigenvalue weighted by molar-refractivity contribution is 7.17. The predicted molar refractivity (Wildman–Crippen MR) is 73.5 cm³/mol. The molecule has 3 rings (SSSR count). The highest BCUT2D eigenvalue weighted by Crippen LogP contribution is 2.21. The molecule has 96 valence electrons. The van der Waals surface area contributed by atoms with Gasteiger partial charge in [-0.15, -0.1) is 21.5 Å².